The molecule has 0 aromatic carbocycles. The maximum absolute atomic E-state index is 10.6. The fourth-order valence-corrected chi connectivity index (χ4v) is 0.968. The molecule has 62 valence electrons. The van der Waals surface area contributed by atoms with Crippen molar-refractivity contribution in [3.05, 3.63) is 12.7 Å². The van der Waals surface area contributed by atoms with Crippen molar-refractivity contribution in [1.29, 1.82) is 0 Å². The maximum Gasteiger partial charge on any atom is 1.00 e. The third-order valence-corrected chi connectivity index (χ3v) is 1.88. The zero-order valence-electron chi connectivity index (χ0n) is 7.49. The molecule has 0 atom stereocenters. The fourth-order valence-electron chi connectivity index (χ4n) is 0.323. The number of rotatable bonds is 5. The molecule has 0 aromatic heterocycles. The van der Waals surface area contributed by atoms with Gasteiger partial charge >= 0.3 is 29.6 Å². The van der Waals surface area contributed by atoms with E-state index >= 15 is 0 Å². The molecule has 0 aliphatic rings. The second-order valence-electron chi connectivity index (χ2n) is 1.56. The Balaban J connectivity index is -0.000000405. The van der Waals surface area contributed by atoms with Crippen LogP contribution in [0.25, 0.3) is 0 Å². The van der Waals surface area contributed by atoms with E-state index in [4.69, 9.17) is 5.11 Å². The first kappa shape index (κ1) is 14.2. The number of aliphatic hydroxyl groups is 1. The van der Waals surface area contributed by atoms with Crippen molar-refractivity contribution in [3.8, 4) is 0 Å². The molecular weight excluding hydrogens is 179 g/mol. The second kappa shape index (κ2) is 7.27. The van der Waals surface area contributed by atoms with Gasteiger partial charge in [-0.2, -0.15) is 8.42 Å². The first-order chi connectivity index (χ1) is 4.62. The smallest absolute Gasteiger partial charge is 1.00 e. The molecule has 0 fully saturated rings. The van der Waals surface area contributed by atoms with Gasteiger partial charge < -0.3 is 6.53 Å². The van der Waals surface area contributed by atoms with E-state index in [0.717, 1.165) is 0 Å². The van der Waals surface area contributed by atoms with Gasteiger partial charge in [0.15, 0.2) is 0 Å². The second-order valence-corrected chi connectivity index (χ2v) is 3.32. The van der Waals surface area contributed by atoms with Crippen molar-refractivity contribution in [1.82, 2.24) is 0 Å². The Hall–Kier alpha value is 0.610. The molecule has 0 unspecified atom stereocenters. The van der Waals surface area contributed by atoms with Crippen LogP contribution in [0.3, 0.4) is 0 Å². The summed E-state index contributed by atoms with van der Waals surface area (Å²) in [6, 6.07) is 0. The van der Waals surface area contributed by atoms with Crippen LogP contribution >= 0.6 is 0 Å². The molecule has 0 aliphatic carbocycles. The predicted molar refractivity (Wildman–Crippen MR) is 38.1 cm³/mol. The molecule has 6 heteroatoms. The molecule has 0 saturated carbocycles. The van der Waals surface area contributed by atoms with Crippen LogP contribution in [-0.4, -0.2) is 32.5 Å². The van der Waals surface area contributed by atoms with Crippen molar-refractivity contribution >= 4 is 10.1 Å². The summed E-state index contributed by atoms with van der Waals surface area (Å²) in [7, 11) is -3.52. The van der Waals surface area contributed by atoms with Gasteiger partial charge in [-0.25, -0.2) is 0 Å². The molecule has 0 saturated heterocycles. The zero-order valence-corrected chi connectivity index (χ0v) is 9.30. The molecule has 1 N–H and O–H groups in total. The van der Waals surface area contributed by atoms with Crippen LogP contribution in [0, 0.1) is 0 Å². The largest absolute Gasteiger partial charge is 1.00 e. The monoisotopic (exact) mass is 190 g/mol. The summed E-state index contributed by atoms with van der Waals surface area (Å²) in [4.78, 5) is 0. The first-order valence-electron chi connectivity index (χ1n) is 2.71. The molecule has 4 nitrogen and oxygen atoms in total. The Morgan fingerprint density at radius 2 is 2.18 bits per heavy atom. The van der Waals surface area contributed by atoms with Gasteiger partial charge in [0.05, 0.1) is 19.0 Å². The van der Waals surface area contributed by atoms with Gasteiger partial charge in [0, 0.05) is 0 Å². The Kier molecular flexibility index (Phi) is 9.35. The number of hydrogen-bond donors (Lipinski definition) is 1. The van der Waals surface area contributed by atoms with Crippen LogP contribution in [0.5, 0.6) is 0 Å². The Morgan fingerprint density at radius 1 is 1.64 bits per heavy atom. The molecule has 0 rings (SSSR count). The van der Waals surface area contributed by atoms with E-state index in [1.807, 2.05) is 0 Å². The molecule has 0 bridgehead atoms. The standard InChI is InChI=1S/C5H10O4S.Na.H/c1-2-4-9-10(7,8)5-3-6;;/h2,6H,1,3-5H2;;/q;+1;-1. The van der Waals surface area contributed by atoms with Gasteiger partial charge in [-0.1, -0.05) is 6.08 Å². The average Bonchev–Trinajstić information content (AvgIpc) is 1.84. The summed E-state index contributed by atoms with van der Waals surface area (Å²) in [6.07, 6.45) is 1.33. The van der Waals surface area contributed by atoms with E-state index in [-0.39, 0.29) is 43.3 Å². The quantitative estimate of drug-likeness (QED) is 0.279. The average molecular weight is 190 g/mol. The third kappa shape index (κ3) is 8.52. The summed E-state index contributed by atoms with van der Waals surface area (Å²) in [6.45, 7) is 2.82. The van der Waals surface area contributed by atoms with E-state index in [1.165, 1.54) is 6.08 Å². The Morgan fingerprint density at radius 3 is 2.55 bits per heavy atom. The van der Waals surface area contributed by atoms with Crippen LogP contribution in [0.1, 0.15) is 1.43 Å². The van der Waals surface area contributed by atoms with E-state index in [2.05, 4.69) is 10.8 Å². The summed E-state index contributed by atoms with van der Waals surface area (Å²) >= 11 is 0. The van der Waals surface area contributed by atoms with Crippen molar-refractivity contribution in [2.75, 3.05) is 19.0 Å². The SMILES string of the molecule is C=CCOS(=O)(=O)CCO.[H-].[Na+]. The molecule has 0 amide bonds. The summed E-state index contributed by atoms with van der Waals surface area (Å²) < 4.78 is 25.4. The topological polar surface area (TPSA) is 63.6 Å². The zero-order chi connectivity index (χ0) is 8.04. The van der Waals surface area contributed by atoms with Gasteiger partial charge in [0.2, 0.25) is 0 Å². The molecule has 0 spiro atoms. The van der Waals surface area contributed by atoms with Crippen molar-refractivity contribution < 1.29 is 48.7 Å². The molecule has 11 heavy (non-hydrogen) atoms. The van der Waals surface area contributed by atoms with E-state index in [0.29, 0.717) is 0 Å². The molecule has 0 heterocycles. The minimum absolute atomic E-state index is 0. The Labute approximate surface area is 90.1 Å². The van der Waals surface area contributed by atoms with Crippen LogP contribution in [-0.2, 0) is 14.3 Å². The van der Waals surface area contributed by atoms with Gasteiger partial charge in [0.25, 0.3) is 10.1 Å². The number of hydrogen-bond acceptors (Lipinski definition) is 4. The minimum atomic E-state index is -3.52. The van der Waals surface area contributed by atoms with Crippen LogP contribution in [0.2, 0.25) is 0 Å². The maximum atomic E-state index is 10.6. The van der Waals surface area contributed by atoms with Crippen molar-refractivity contribution in [2.45, 2.75) is 0 Å². The summed E-state index contributed by atoms with van der Waals surface area (Å²) in [5.74, 6) is -0.360. The van der Waals surface area contributed by atoms with E-state index in [9.17, 15) is 8.42 Å². The van der Waals surface area contributed by atoms with Crippen LogP contribution < -0.4 is 29.6 Å². The van der Waals surface area contributed by atoms with Crippen molar-refractivity contribution in [3.63, 3.8) is 0 Å². The molecule has 0 aliphatic heterocycles. The minimum Gasteiger partial charge on any atom is -1.00 e. The molecule has 0 aromatic rings. The first-order valence-corrected chi connectivity index (χ1v) is 4.29. The van der Waals surface area contributed by atoms with Gasteiger partial charge in [-0.15, -0.1) is 6.58 Å². The molecule has 0 radical (unpaired) electrons. The Bertz CT molecular complexity index is 192. The van der Waals surface area contributed by atoms with E-state index < -0.39 is 16.7 Å². The number of aliphatic hydroxyl groups excluding tert-OH is 1. The van der Waals surface area contributed by atoms with Gasteiger partial charge in [-0.3, -0.25) is 4.18 Å². The van der Waals surface area contributed by atoms with E-state index in [1.54, 1.807) is 0 Å². The van der Waals surface area contributed by atoms with Crippen molar-refractivity contribution in [2.24, 2.45) is 0 Å². The summed E-state index contributed by atoms with van der Waals surface area (Å²) in [5.41, 5.74) is 0. The summed E-state index contributed by atoms with van der Waals surface area (Å²) in [5, 5.41) is 8.22. The van der Waals surface area contributed by atoms with Gasteiger partial charge in [-0.05, 0) is 0 Å². The van der Waals surface area contributed by atoms with Crippen LogP contribution in [0.15, 0.2) is 12.7 Å². The molecular formula is C5H11NaO4S. The predicted octanol–water partition coefficient (Wildman–Crippen LogP) is -3.37. The normalized spacial score (nSPS) is 10.3. The third-order valence-electron chi connectivity index (χ3n) is 0.707. The van der Waals surface area contributed by atoms with Crippen LogP contribution in [0.4, 0.5) is 0 Å². The fraction of sp³-hybridized carbons (Fsp3) is 0.600. The van der Waals surface area contributed by atoms with Gasteiger partial charge in [0.1, 0.15) is 0 Å².